The number of carbonyl (C=O) groups is 1. The lowest BCUT2D eigenvalue weighted by Gasteiger charge is -2.39. The molecular formula is C22H32N2O2. The number of amides is 1. The lowest BCUT2D eigenvalue weighted by atomic mass is 9.96. The van der Waals surface area contributed by atoms with E-state index in [-0.39, 0.29) is 0 Å². The van der Waals surface area contributed by atoms with Crippen LogP contribution in [0.3, 0.4) is 0 Å². The summed E-state index contributed by atoms with van der Waals surface area (Å²) >= 11 is 0. The summed E-state index contributed by atoms with van der Waals surface area (Å²) in [5.41, 5.74) is 1.26. The van der Waals surface area contributed by atoms with Crippen LogP contribution in [0.25, 0.3) is 0 Å². The number of rotatable bonds is 4. The van der Waals surface area contributed by atoms with Crippen molar-refractivity contribution in [3.05, 3.63) is 35.9 Å². The van der Waals surface area contributed by atoms with E-state index in [0.717, 1.165) is 45.6 Å². The lowest BCUT2D eigenvalue weighted by molar-refractivity contribution is -0.130. The number of benzene rings is 1. The molecule has 0 aromatic heterocycles. The van der Waals surface area contributed by atoms with E-state index in [9.17, 15) is 4.79 Å². The summed E-state index contributed by atoms with van der Waals surface area (Å²) in [6.45, 7) is 4.92. The van der Waals surface area contributed by atoms with Gasteiger partial charge in [-0.05, 0) is 50.1 Å². The SMILES string of the molecule is O=C(CCc1ccccc1)N1C[C@@H]2CCCCN(C3CCOCC3)[C@@H]2C1. The minimum Gasteiger partial charge on any atom is -0.381 e. The van der Waals surface area contributed by atoms with Gasteiger partial charge in [0, 0.05) is 44.8 Å². The Labute approximate surface area is 157 Å². The Kier molecular flexibility index (Phi) is 5.91. The quantitative estimate of drug-likeness (QED) is 0.831. The smallest absolute Gasteiger partial charge is 0.222 e. The topological polar surface area (TPSA) is 32.8 Å². The van der Waals surface area contributed by atoms with Crippen molar-refractivity contribution < 1.29 is 9.53 Å². The predicted molar refractivity (Wildman–Crippen MR) is 103 cm³/mol. The molecule has 0 N–H and O–H groups in total. The van der Waals surface area contributed by atoms with Gasteiger partial charge in [0.05, 0.1) is 0 Å². The zero-order chi connectivity index (χ0) is 17.8. The van der Waals surface area contributed by atoms with Crippen LogP contribution >= 0.6 is 0 Å². The predicted octanol–water partition coefficient (Wildman–Crippen LogP) is 3.11. The van der Waals surface area contributed by atoms with Crippen LogP contribution in [0.1, 0.15) is 44.1 Å². The minimum atomic E-state index is 0.342. The fourth-order valence-electron chi connectivity index (χ4n) is 5.11. The Hall–Kier alpha value is -1.39. The average Bonchev–Trinajstić information content (AvgIpc) is 3.02. The number of likely N-dealkylation sites (tertiary alicyclic amines) is 2. The summed E-state index contributed by atoms with van der Waals surface area (Å²) in [5.74, 6) is 1.01. The summed E-state index contributed by atoms with van der Waals surface area (Å²) in [4.78, 5) is 17.7. The first kappa shape index (κ1) is 18.0. The maximum atomic E-state index is 12.8. The second kappa shape index (κ2) is 8.53. The van der Waals surface area contributed by atoms with E-state index in [0.29, 0.717) is 30.3 Å². The molecule has 4 rings (SSSR count). The van der Waals surface area contributed by atoms with Crippen LogP contribution in [0.15, 0.2) is 30.3 Å². The maximum Gasteiger partial charge on any atom is 0.222 e. The molecule has 0 spiro atoms. The zero-order valence-corrected chi connectivity index (χ0v) is 15.8. The maximum absolute atomic E-state index is 12.8. The zero-order valence-electron chi connectivity index (χ0n) is 15.8. The van der Waals surface area contributed by atoms with Crippen LogP contribution in [-0.2, 0) is 16.0 Å². The van der Waals surface area contributed by atoms with Crippen LogP contribution in [0.5, 0.6) is 0 Å². The summed E-state index contributed by atoms with van der Waals surface area (Å²) in [6.07, 6.45) is 7.72. The third-order valence-corrected chi connectivity index (χ3v) is 6.56. The summed E-state index contributed by atoms with van der Waals surface area (Å²) < 4.78 is 5.58. The van der Waals surface area contributed by atoms with Crippen LogP contribution < -0.4 is 0 Å². The standard InChI is InChI=1S/C22H32N2O2/c25-22(10-9-18-6-2-1-3-7-18)23-16-19-8-4-5-13-24(21(19)17-23)20-11-14-26-15-12-20/h1-3,6-7,19-21H,4-5,8-17H2/t19-,21+/m0/s1. The largest absolute Gasteiger partial charge is 0.381 e. The number of carbonyl (C=O) groups excluding carboxylic acids is 1. The van der Waals surface area contributed by atoms with Crippen molar-refractivity contribution in [3.8, 4) is 0 Å². The van der Waals surface area contributed by atoms with E-state index in [4.69, 9.17) is 4.74 Å². The molecule has 1 aromatic carbocycles. The lowest BCUT2D eigenvalue weighted by Crippen LogP contribution is -2.49. The van der Waals surface area contributed by atoms with Gasteiger partial charge in [-0.3, -0.25) is 9.69 Å². The highest BCUT2D eigenvalue weighted by Crippen LogP contribution is 2.33. The van der Waals surface area contributed by atoms with Crippen LogP contribution in [0, 0.1) is 5.92 Å². The fourth-order valence-corrected chi connectivity index (χ4v) is 5.11. The average molecular weight is 357 g/mol. The van der Waals surface area contributed by atoms with E-state index >= 15 is 0 Å². The van der Waals surface area contributed by atoms with Crippen LogP contribution in [-0.4, -0.2) is 60.6 Å². The van der Waals surface area contributed by atoms with Gasteiger partial charge in [-0.1, -0.05) is 36.8 Å². The minimum absolute atomic E-state index is 0.342. The Morgan fingerprint density at radius 3 is 2.65 bits per heavy atom. The Morgan fingerprint density at radius 1 is 1.04 bits per heavy atom. The van der Waals surface area contributed by atoms with E-state index < -0.39 is 0 Å². The fraction of sp³-hybridized carbons (Fsp3) is 0.682. The van der Waals surface area contributed by atoms with Crippen molar-refractivity contribution in [1.82, 2.24) is 9.80 Å². The first-order valence-electron chi connectivity index (χ1n) is 10.5. The third kappa shape index (κ3) is 4.12. The number of ether oxygens (including phenoxy) is 1. The number of hydrogen-bond acceptors (Lipinski definition) is 3. The van der Waals surface area contributed by atoms with Gasteiger partial charge in [0.2, 0.25) is 5.91 Å². The molecule has 0 bridgehead atoms. The highest BCUT2D eigenvalue weighted by Gasteiger charge is 2.41. The van der Waals surface area contributed by atoms with Crippen molar-refractivity contribution >= 4 is 5.91 Å². The third-order valence-electron chi connectivity index (χ3n) is 6.56. The van der Waals surface area contributed by atoms with Crippen molar-refractivity contribution in [2.24, 2.45) is 5.92 Å². The molecular weight excluding hydrogens is 324 g/mol. The summed E-state index contributed by atoms with van der Waals surface area (Å²) in [5, 5.41) is 0. The van der Waals surface area contributed by atoms with E-state index in [1.165, 1.54) is 31.4 Å². The molecule has 4 nitrogen and oxygen atoms in total. The molecule has 0 aliphatic carbocycles. The molecule has 0 radical (unpaired) electrons. The van der Waals surface area contributed by atoms with Crippen molar-refractivity contribution in [2.45, 2.75) is 57.0 Å². The second-order valence-corrected chi connectivity index (χ2v) is 8.19. The summed E-state index contributed by atoms with van der Waals surface area (Å²) in [7, 11) is 0. The van der Waals surface area contributed by atoms with Gasteiger partial charge in [0.25, 0.3) is 0 Å². The molecule has 3 aliphatic heterocycles. The van der Waals surface area contributed by atoms with Gasteiger partial charge in [-0.2, -0.15) is 0 Å². The molecule has 1 aromatic rings. The van der Waals surface area contributed by atoms with Gasteiger partial charge in [-0.15, -0.1) is 0 Å². The summed E-state index contributed by atoms with van der Waals surface area (Å²) in [6, 6.07) is 11.6. The molecule has 2 atom stereocenters. The Balaban J connectivity index is 1.37. The number of nitrogens with zero attached hydrogens (tertiary/aromatic N) is 2. The Bertz CT molecular complexity index is 585. The molecule has 4 heteroatoms. The van der Waals surface area contributed by atoms with Crippen molar-refractivity contribution in [2.75, 3.05) is 32.8 Å². The Morgan fingerprint density at radius 2 is 1.85 bits per heavy atom. The monoisotopic (exact) mass is 356 g/mol. The van der Waals surface area contributed by atoms with Crippen molar-refractivity contribution in [1.29, 1.82) is 0 Å². The van der Waals surface area contributed by atoms with Gasteiger partial charge < -0.3 is 9.64 Å². The second-order valence-electron chi connectivity index (χ2n) is 8.19. The molecule has 3 heterocycles. The number of fused-ring (bicyclic) bond motifs is 1. The number of aryl methyl sites for hydroxylation is 1. The first-order chi connectivity index (χ1) is 12.8. The molecule has 1 amide bonds. The van der Waals surface area contributed by atoms with Gasteiger partial charge in [0.1, 0.15) is 0 Å². The highest BCUT2D eigenvalue weighted by atomic mass is 16.5. The van der Waals surface area contributed by atoms with E-state index in [2.05, 4.69) is 34.1 Å². The van der Waals surface area contributed by atoms with Crippen molar-refractivity contribution in [3.63, 3.8) is 0 Å². The van der Waals surface area contributed by atoms with E-state index in [1.807, 2.05) is 6.07 Å². The molecule has 3 saturated heterocycles. The van der Waals surface area contributed by atoms with Crippen LogP contribution in [0.2, 0.25) is 0 Å². The van der Waals surface area contributed by atoms with Gasteiger partial charge in [-0.25, -0.2) is 0 Å². The molecule has 3 fully saturated rings. The molecule has 3 aliphatic rings. The highest BCUT2D eigenvalue weighted by molar-refractivity contribution is 5.76. The van der Waals surface area contributed by atoms with Gasteiger partial charge >= 0.3 is 0 Å². The molecule has 142 valence electrons. The van der Waals surface area contributed by atoms with Crippen LogP contribution in [0.4, 0.5) is 0 Å². The van der Waals surface area contributed by atoms with Gasteiger partial charge in [0.15, 0.2) is 0 Å². The van der Waals surface area contributed by atoms with E-state index in [1.54, 1.807) is 0 Å². The number of hydrogen-bond donors (Lipinski definition) is 0. The molecule has 26 heavy (non-hydrogen) atoms. The normalized spacial score (nSPS) is 27.9. The first-order valence-corrected chi connectivity index (χ1v) is 10.5. The molecule has 0 saturated carbocycles. The molecule has 0 unspecified atom stereocenters.